The Bertz CT molecular complexity index is 325. The van der Waals surface area contributed by atoms with E-state index in [4.69, 9.17) is 5.73 Å². The lowest BCUT2D eigenvalue weighted by molar-refractivity contribution is -0.135. The minimum absolute atomic E-state index is 0.117. The van der Waals surface area contributed by atoms with Gasteiger partial charge in [-0.3, -0.25) is 0 Å². The van der Waals surface area contributed by atoms with Crippen LogP contribution in [0.3, 0.4) is 0 Å². The van der Waals surface area contributed by atoms with Crippen molar-refractivity contribution in [3.8, 4) is 0 Å². The van der Waals surface area contributed by atoms with Crippen LogP contribution in [0.15, 0.2) is 30.3 Å². The molecule has 0 radical (unpaired) electrons. The highest BCUT2D eigenvalue weighted by atomic mass is 19.4. The topological polar surface area (TPSA) is 38.0 Å². The molecular formula is C13H19F3N2. The second-order valence-corrected chi connectivity index (χ2v) is 4.29. The van der Waals surface area contributed by atoms with Gasteiger partial charge >= 0.3 is 6.18 Å². The van der Waals surface area contributed by atoms with Crippen LogP contribution in [0.5, 0.6) is 0 Å². The van der Waals surface area contributed by atoms with Gasteiger partial charge in [0.2, 0.25) is 0 Å². The number of hydrogen-bond acceptors (Lipinski definition) is 2. The largest absolute Gasteiger partial charge is 0.389 e. The predicted octanol–water partition coefficient (Wildman–Crippen LogP) is 3.01. The van der Waals surface area contributed by atoms with Crippen LogP contribution < -0.4 is 11.1 Å². The molecule has 2 nitrogen and oxygen atoms in total. The first-order valence-electron chi connectivity index (χ1n) is 6.07. The minimum atomic E-state index is -4.04. The van der Waals surface area contributed by atoms with E-state index in [0.717, 1.165) is 5.56 Å². The number of benzene rings is 1. The van der Waals surface area contributed by atoms with E-state index < -0.39 is 12.6 Å². The number of nitrogens with two attached hydrogens (primary N) is 1. The summed E-state index contributed by atoms with van der Waals surface area (Å²) in [5.41, 5.74) is 6.96. The molecule has 1 unspecified atom stereocenters. The van der Waals surface area contributed by atoms with E-state index in [1.807, 2.05) is 30.3 Å². The first kappa shape index (κ1) is 15.0. The summed E-state index contributed by atoms with van der Waals surface area (Å²) in [6.45, 7) is 1.15. The number of nitrogens with one attached hydrogen (secondary N) is 1. The Labute approximate surface area is 105 Å². The van der Waals surface area contributed by atoms with Crippen molar-refractivity contribution in [3.05, 3.63) is 35.9 Å². The van der Waals surface area contributed by atoms with Crippen molar-refractivity contribution in [1.29, 1.82) is 0 Å². The van der Waals surface area contributed by atoms with Crippen molar-refractivity contribution >= 4 is 0 Å². The molecule has 0 fully saturated rings. The zero-order valence-corrected chi connectivity index (χ0v) is 10.2. The van der Waals surface area contributed by atoms with Gasteiger partial charge in [0.15, 0.2) is 0 Å². The first-order valence-corrected chi connectivity index (χ1v) is 6.07. The predicted molar refractivity (Wildman–Crippen MR) is 66.1 cm³/mol. The van der Waals surface area contributed by atoms with Gasteiger partial charge in [-0.15, -0.1) is 0 Å². The maximum Gasteiger partial charge on any atom is 0.389 e. The van der Waals surface area contributed by atoms with Crippen LogP contribution in [0, 0.1) is 0 Å². The van der Waals surface area contributed by atoms with E-state index in [1.54, 1.807) is 0 Å². The standard InChI is InChI=1S/C13H19F3N2/c14-13(15,16)8-4-5-9-18-10-12(17)11-6-2-1-3-7-11/h1-3,6-7,12,18H,4-5,8-10,17H2. The molecule has 0 amide bonds. The van der Waals surface area contributed by atoms with Crippen LogP contribution in [-0.4, -0.2) is 19.3 Å². The monoisotopic (exact) mass is 260 g/mol. The Morgan fingerprint density at radius 3 is 2.39 bits per heavy atom. The van der Waals surface area contributed by atoms with Gasteiger partial charge in [-0.2, -0.15) is 13.2 Å². The summed E-state index contributed by atoms with van der Waals surface area (Å²) in [7, 11) is 0. The van der Waals surface area contributed by atoms with Crippen molar-refractivity contribution in [2.75, 3.05) is 13.1 Å². The van der Waals surface area contributed by atoms with Crippen molar-refractivity contribution in [1.82, 2.24) is 5.32 Å². The lowest BCUT2D eigenvalue weighted by atomic mass is 10.1. The average molecular weight is 260 g/mol. The second kappa shape index (κ2) is 7.38. The normalized spacial score (nSPS) is 13.6. The van der Waals surface area contributed by atoms with Gasteiger partial charge in [0.05, 0.1) is 0 Å². The highest BCUT2D eigenvalue weighted by Crippen LogP contribution is 2.21. The summed E-state index contributed by atoms with van der Waals surface area (Å²) in [5.74, 6) is 0. The fourth-order valence-corrected chi connectivity index (χ4v) is 1.65. The summed E-state index contributed by atoms with van der Waals surface area (Å²) < 4.78 is 35.6. The van der Waals surface area contributed by atoms with Crippen LogP contribution in [0.25, 0.3) is 0 Å². The van der Waals surface area contributed by atoms with Crippen LogP contribution >= 0.6 is 0 Å². The highest BCUT2D eigenvalue weighted by molar-refractivity contribution is 5.18. The Morgan fingerprint density at radius 2 is 1.78 bits per heavy atom. The summed E-state index contributed by atoms with van der Waals surface area (Å²) in [6.07, 6.45) is -4.07. The molecule has 0 aliphatic carbocycles. The van der Waals surface area contributed by atoms with Gasteiger partial charge in [-0.1, -0.05) is 30.3 Å². The minimum Gasteiger partial charge on any atom is -0.323 e. The van der Waals surface area contributed by atoms with Crippen molar-refractivity contribution < 1.29 is 13.2 Å². The van der Waals surface area contributed by atoms with Crippen molar-refractivity contribution in [2.24, 2.45) is 5.73 Å². The van der Waals surface area contributed by atoms with E-state index in [0.29, 0.717) is 19.5 Å². The molecule has 0 saturated carbocycles. The van der Waals surface area contributed by atoms with Gasteiger partial charge < -0.3 is 11.1 Å². The van der Waals surface area contributed by atoms with Crippen LogP contribution in [-0.2, 0) is 0 Å². The summed E-state index contributed by atoms with van der Waals surface area (Å²) >= 11 is 0. The third-order valence-electron chi connectivity index (χ3n) is 2.66. The van der Waals surface area contributed by atoms with Crippen LogP contribution in [0.1, 0.15) is 30.9 Å². The molecule has 0 aromatic heterocycles. The fraction of sp³-hybridized carbons (Fsp3) is 0.538. The van der Waals surface area contributed by atoms with E-state index in [1.165, 1.54) is 0 Å². The molecule has 0 spiro atoms. The molecular weight excluding hydrogens is 241 g/mol. The molecule has 0 aliphatic heterocycles. The Balaban J connectivity index is 2.08. The Hall–Kier alpha value is -1.07. The molecule has 0 heterocycles. The van der Waals surface area contributed by atoms with E-state index >= 15 is 0 Å². The molecule has 102 valence electrons. The summed E-state index contributed by atoms with van der Waals surface area (Å²) in [6, 6.07) is 9.51. The quantitative estimate of drug-likeness (QED) is 0.740. The Morgan fingerprint density at radius 1 is 1.11 bits per heavy atom. The second-order valence-electron chi connectivity index (χ2n) is 4.29. The first-order chi connectivity index (χ1) is 8.49. The molecule has 1 aromatic rings. The lowest BCUT2D eigenvalue weighted by Gasteiger charge is -2.13. The number of unbranched alkanes of at least 4 members (excludes halogenated alkanes) is 1. The maximum absolute atomic E-state index is 11.9. The van der Waals surface area contributed by atoms with Crippen molar-refractivity contribution in [2.45, 2.75) is 31.5 Å². The molecule has 3 N–H and O–H groups in total. The van der Waals surface area contributed by atoms with Gasteiger partial charge in [0, 0.05) is 19.0 Å². The van der Waals surface area contributed by atoms with E-state index in [-0.39, 0.29) is 12.5 Å². The lowest BCUT2D eigenvalue weighted by Crippen LogP contribution is -2.27. The number of halogens is 3. The molecule has 1 atom stereocenters. The zero-order valence-electron chi connectivity index (χ0n) is 10.2. The molecule has 5 heteroatoms. The van der Waals surface area contributed by atoms with Gasteiger partial charge in [-0.25, -0.2) is 0 Å². The van der Waals surface area contributed by atoms with Gasteiger partial charge in [-0.05, 0) is 24.9 Å². The third-order valence-corrected chi connectivity index (χ3v) is 2.66. The summed E-state index contributed by atoms with van der Waals surface area (Å²) in [5, 5.41) is 3.08. The molecule has 1 rings (SSSR count). The number of hydrogen-bond donors (Lipinski definition) is 2. The molecule has 18 heavy (non-hydrogen) atoms. The van der Waals surface area contributed by atoms with Gasteiger partial charge in [0.1, 0.15) is 0 Å². The smallest absolute Gasteiger partial charge is 0.323 e. The molecule has 0 aliphatic rings. The average Bonchev–Trinajstić information content (AvgIpc) is 2.33. The van der Waals surface area contributed by atoms with Crippen LogP contribution in [0.2, 0.25) is 0 Å². The van der Waals surface area contributed by atoms with E-state index in [2.05, 4.69) is 5.32 Å². The molecule has 1 aromatic carbocycles. The number of rotatable bonds is 7. The molecule has 0 bridgehead atoms. The van der Waals surface area contributed by atoms with Crippen LogP contribution in [0.4, 0.5) is 13.2 Å². The number of alkyl halides is 3. The fourth-order valence-electron chi connectivity index (χ4n) is 1.65. The summed E-state index contributed by atoms with van der Waals surface area (Å²) in [4.78, 5) is 0. The highest BCUT2D eigenvalue weighted by Gasteiger charge is 2.25. The van der Waals surface area contributed by atoms with Crippen molar-refractivity contribution in [3.63, 3.8) is 0 Å². The van der Waals surface area contributed by atoms with E-state index in [9.17, 15) is 13.2 Å². The molecule has 0 saturated heterocycles. The maximum atomic E-state index is 11.9. The zero-order chi connectivity index (χ0) is 13.4. The van der Waals surface area contributed by atoms with Gasteiger partial charge in [0.25, 0.3) is 0 Å². The third kappa shape index (κ3) is 6.61. The SMILES string of the molecule is NC(CNCCCCC(F)(F)F)c1ccccc1. The Kier molecular flexibility index (Phi) is 6.15.